The van der Waals surface area contributed by atoms with Crippen LogP contribution in [0, 0.1) is 0 Å². The van der Waals surface area contributed by atoms with E-state index >= 15 is 0 Å². The van der Waals surface area contributed by atoms with Gasteiger partial charge in [0.25, 0.3) is 0 Å². The maximum absolute atomic E-state index is 11.0. The van der Waals surface area contributed by atoms with Gasteiger partial charge in [-0.2, -0.15) is 0 Å². The maximum Gasteiger partial charge on any atom is 0.248 e. The molecular formula is C12H12N4O. The highest BCUT2D eigenvalue weighted by molar-refractivity contribution is 5.92. The molecule has 0 aliphatic heterocycles. The third-order valence-corrected chi connectivity index (χ3v) is 2.23. The summed E-state index contributed by atoms with van der Waals surface area (Å²) in [7, 11) is 0. The molecule has 0 aliphatic carbocycles. The summed E-state index contributed by atoms with van der Waals surface area (Å²) >= 11 is 0. The first kappa shape index (κ1) is 11.1. The first-order chi connectivity index (χ1) is 8.25. The van der Waals surface area contributed by atoms with E-state index in [4.69, 9.17) is 5.73 Å². The number of carbonyl (C=O) groups is 1. The fourth-order valence-corrected chi connectivity index (χ4v) is 1.41. The zero-order chi connectivity index (χ0) is 12.1. The number of primary amides is 1. The summed E-state index contributed by atoms with van der Waals surface area (Å²) in [5.74, 6) is 0.125. The molecule has 0 radical (unpaired) electrons. The number of benzene rings is 1. The molecule has 0 atom stereocenters. The normalized spacial score (nSPS) is 9.88. The van der Waals surface area contributed by atoms with Gasteiger partial charge in [-0.15, -0.1) is 0 Å². The number of amides is 1. The van der Waals surface area contributed by atoms with E-state index in [9.17, 15) is 4.79 Å². The van der Waals surface area contributed by atoms with E-state index in [0.29, 0.717) is 18.1 Å². The van der Waals surface area contributed by atoms with Crippen molar-refractivity contribution in [3.05, 3.63) is 53.9 Å². The van der Waals surface area contributed by atoms with Crippen molar-refractivity contribution in [1.82, 2.24) is 9.97 Å². The van der Waals surface area contributed by atoms with Crippen molar-refractivity contribution >= 4 is 11.9 Å². The van der Waals surface area contributed by atoms with Crippen LogP contribution in [0.1, 0.15) is 15.9 Å². The van der Waals surface area contributed by atoms with E-state index in [1.807, 2.05) is 6.07 Å². The van der Waals surface area contributed by atoms with Crippen LogP contribution in [0.15, 0.2) is 42.7 Å². The van der Waals surface area contributed by atoms with Gasteiger partial charge >= 0.3 is 0 Å². The second kappa shape index (κ2) is 5.07. The van der Waals surface area contributed by atoms with Crippen LogP contribution in [-0.4, -0.2) is 15.9 Å². The molecule has 5 heteroatoms. The molecule has 3 N–H and O–H groups in total. The lowest BCUT2D eigenvalue weighted by Crippen LogP contribution is -2.11. The number of hydrogen-bond acceptors (Lipinski definition) is 4. The van der Waals surface area contributed by atoms with Gasteiger partial charge in [0.2, 0.25) is 11.9 Å². The molecule has 2 aromatic rings. The van der Waals surface area contributed by atoms with Gasteiger partial charge < -0.3 is 11.1 Å². The Labute approximate surface area is 98.7 Å². The Kier molecular flexibility index (Phi) is 3.30. The van der Waals surface area contributed by atoms with E-state index in [-0.39, 0.29) is 0 Å². The van der Waals surface area contributed by atoms with Gasteiger partial charge in [-0.05, 0) is 23.8 Å². The fourth-order valence-electron chi connectivity index (χ4n) is 1.41. The number of nitrogens with one attached hydrogen (secondary N) is 1. The summed E-state index contributed by atoms with van der Waals surface area (Å²) in [6.45, 7) is 0.547. The molecule has 2 rings (SSSR count). The summed E-state index contributed by atoms with van der Waals surface area (Å²) in [4.78, 5) is 19.1. The van der Waals surface area contributed by atoms with Gasteiger partial charge in [0.15, 0.2) is 0 Å². The minimum atomic E-state index is -0.428. The topological polar surface area (TPSA) is 80.9 Å². The van der Waals surface area contributed by atoms with Gasteiger partial charge in [-0.25, -0.2) is 9.97 Å². The van der Waals surface area contributed by atoms with E-state index in [1.165, 1.54) is 0 Å². The maximum atomic E-state index is 11.0. The molecular weight excluding hydrogens is 216 g/mol. The summed E-state index contributed by atoms with van der Waals surface area (Å²) < 4.78 is 0. The minimum Gasteiger partial charge on any atom is -0.366 e. The summed E-state index contributed by atoms with van der Waals surface area (Å²) in [5.41, 5.74) is 6.66. The summed E-state index contributed by atoms with van der Waals surface area (Å²) in [6.07, 6.45) is 3.32. The number of anilines is 1. The molecule has 17 heavy (non-hydrogen) atoms. The number of nitrogens with two attached hydrogens (primary N) is 1. The van der Waals surface area contributed by atoms with Crippen LogP contribution in [0.4, 0.5) is 5.95 Å². The molecule has 0 unspecified atom stereocenters. The molecule has 0 bridgehead atoms. The standard InChI is InChI=1S/C12H12N4O/c13-11(17)10-4-1-3-9(7-10)8-16-12-14-5-2-6-15-12/h1-7H,8H2,(H2,13,17)(H,14,15,16). The summed E-state index contributed by atoms with van der Waals surface area (Å²) in [6, 6.07) is 8.88. The van der Waals surface area contributed by atoms with Crippen molar-refractivity contribution in [3.8, 4) is 0 Å². The smallest absolute Gasteiger partial charge is 0.248 e. The van der Waals surface area contributed by atoms with Crippen LogP contribution >= 0.6 is 0 Å². The van der Waals surface area contributed by atoms with Crippen molar-refractivity contribution in [1.29, 1.82) is 0 Å². The number of rotatable bonds is 4. The lowest BCUT2D eigenvalue weighted by molar-refractivity contribution is 0.1000. The Morgan fingerprint density at radius 1 is 1.24 bits per heavy atom. The van der Waals surface area contributed by atoms with Crippen molar-refractivity contribution in [2.45, 2.75) is 6.54 Å². The quantitative estimate of drug-likeness (QED) is 0.823. The SMILES string of the molecule is NC(=O)c1cccc(CNc2ncccn2)c1. The van der Waals surface area contributed by atoms with Crippen molar-refractivity contribution in [2.24, 2.45) is 5.73 Å². The molecule has 1 aromatic carbocycles. The van der Waals surface area contributed by atoms with E-state index in [1.54, 1.807) is 36.7 Å². The molecule has 1 amide bonds. The molecule has 5 nitrogen and oxygen atoms in total. The molecule has 0 spiro atoms. The highest BCUT2D eigenvalue weighted by Gasteiger charge is 2.01. The first-order valence-corrected chi connectivity index (χ1v) is 5.15. The van der Waals surface area contributed by atoms with Crippen LogP contribution < -0.4 is 11.1 Å². The van der Waals surface area contributed by atoms with Crippen molar-refractivity contribution in [2.75, 3.05) is 5.32 Å². The molecule has 0 saturated heterocycles. The number of aromatic nitrogens is 2. The Morgan fingerprint density at radius 2 is 2.00 bits per heavy atom. The monoisotopic (exact) mass is 228 g/mol. The second-order valence-corrected chi connectivity index (χ2v) is 3.49. The predicted octanol–water partition coefficient (Wildman–Crippen LogP) is 1.19. The van der Waals surface area contributed by atoms with Crippen LogP contribution in [-0.2, 0) is 6.54 Å². The van der Waals surface area contributed by atoms with Gasteiger partial charge in [0.1, 0.15) is 0 Å². The highest BCUT2D eigenvalue weighted by atomic mass is 16.1. The molecule has 1 aromatic heterocycles. The zero-order valence-electron chi connectivity index (χ0n) is 9.13. The Hall–Kier alpha value is -2.43. The van der Waals surface area contributed by atoms with Crippen LogP contribution in [0.5, 0.6) is 0 Å². The zero-order valence-corrected chi connectivity index (χ0v) is 9.13. The molecule has 86 valence electrons. The predicted molar refractivity (Wildman–Crippen MR) is 64.3 cm³/mol. The Balaban J connectivity index is 2.04. The average Bonchev–Trinajstić information content (AvgIpc) is 2.38. The number of hydrogen-bond donors (Lipinski definition) is 2. The molecule has 1 heterocycles. The largest absolute Gasteiger partial charge is 0.366 e. The highest BCUT2D eigenvalue weighted by Crippen LogP contribution is 2.06. The van der Waals surface area contributed by atoms with Gasteiger partial charge in [-0.3, -0.25) is 4.79 Å². The van der Waals surface area contributed by atoms with Crippen molar-refractivity contribution < 1.29 is 4.79 Å². The van der Waals surface area contributed by atoms with E-state index in [2.05, 4.69) is 15.3 Å². The Bertz CT molecular complexity index is 513. The van der Waals surface area contributed by atoms with Gasteiger partial charge in [0.05, 0.1) is 0 Å². The third-order valence-electron chi connectivity index (χ3n) is 2.23. The molecule has 0 saturated carbocycles. The van der Waals surface area contributed by atoms with Gasteiger partial charge in [0, 0.05) is 24.5 Å². The van der Waals surface area contributed by atoms with E-state index < -0.39 is 5.91 Å². The van der Waals surface area contributed by atoms with Crippen molar-refractivity contribution in [3.63, 3.8) is 0 Å². The van der Waals surface area contributed by atoms with Crippen LogP contribution in [0.25, 0.3) is 0 Å². The van der Waals surface area contributed by atoms with E-state index in [0.717, 1.165) is 5.56 Å². The summed E-state index contributed by atoms with van der Waals surface area (Å²) in [5, 5.41) is 3.05. The minimum absolute atomic E-state index is 0.428. The lowest BCUT2D eigenvalue weighted by Gasteiger charge is -2.05. The number of nitrogens with zero attached hydrogens (tertiary/aromatic N) is 2. The molecule has 0 aliphatic rings. The first-order valence-electron chi connectivity index (χ1n) is 5.15. The lowest BCUT2D eigenvalue weighted by atomic mass is 10.1. The van der Waals surface area contributed by atoms with Crippen LogP contribution in [0.2, 0.25) is 0 Å². The van der Waals surface area contributed by atoms with Gasteiger partial charge in [-0.1, -0.05) is 12.1 Å². The number of carbonyl (C=O) groups excluding carboxylic acids is 1. The van der Waals surface area contributed by atoms with Crippen LogP contribution in [0.3, 0.4) is 0 Å². The fraction of sp³-hybridized carbons (Fsp3) is 0.0833. The third kappa shape index (κ3) is 3.01. The Morgan fingerprint density at radius 3 is 2.71 bits per heavy atom. The average molecular weight is 228 g/mol. The molecule has 0 fully saturated rings. The second-order valence-electron chi connectivity index (χ2n) is 3.49.